The molecule has 0 spiro atoms. The molecule has 1 aliphatic rings. The van der Waals surface area contributed by atoms with Crippen LogP contribution < -0.4 is 0 Å². The molecule has 0 aromatic heterocycles. The van der Waals surface area contributed by atoms with Crippen molar-refractivity contribution in [1.29, 1.82) is 0 Å². The molecule has 1 aliphatic heterocycles. The number of benzene rings is 1. The molecule has 128 valence electrons. The van der Waals surface area contributed by atoms with Crippen LogP contribution in [-0.4, -0.2) is 78.1 Å². The van der Waals surface area contributed by atoms with Crippen molar-refractivity contribution >= 4 is 5.91 Å². The van der Waals surface area contributed by atoms with Gasteiger partial charge in [-0.15, -0.1) is 0 Å². The Kier molecular flexibility index (Phi) is 7.02. The van der Waals surface area contributed by atoms with Crippen LogP contribution in [0.15, 0.2) is 30.3 Å². The molecule has 23 heavy (non-hydrogen) atoms. The van der Waals surface area contributed by atoms with E-state index in [1.807, 2.05) is 13.1 Å². The van der Waals surface area contributed by atoms with Gasteiger partial charge in [0.2, 0.25) is 5.91 Å². The topological polar surface area (TPSA) is 47.0 Å². The fourth-order valence-corrected chi connectivity index (χ4v) is 2.76. The molecule has 1 unspecified atom stereocenters. The van der Waals surface area contributed by atoms with Crippen molar-refractivity contribution in [3.8, 4) is 0 Å². The van der Waals surface area contributed by atoms with Crippen molar-refractivity contribution in [3.05, 3.63) is 35.9 Å². The SMILES string of the molecule is CC(O)CCN(C)C(=O)CN1CCN(Cc2ccccc2)CC1. The number of rotatable bonds is 7. The van der Waals surface area contributed by atoms with Crippen molar-refractivity contribution in [2.45, 2.75) is 26.0 Å². The van der Waals surface area contributed by atoms with Crippen LogP contribution in [0.2, 0.25) is 0 Å². The number of amides is 1. The lowest BCUT2D eigenvalue weighted by Gasteiger charge is -2.35. The van der Waals surface area contributed by atoms with E-state index >= 15 is 0 Å². The first-order chi connectivity index (χ1) is 11.0. The largest absolute Gasteiger partial charge is 0.393 e. The molecule has 0 bridgehead atoms. The summed E-state index contributed by atoms with van der Waals surface area (Å²) in [6.07, 6.45) is 0.277. The standard InChI is InChI=1S/C18H29N3O2/c1-16(22)8-9-19(2)18(23)15-21-12-10-20(11-13-21)14-17-6-4-3-5-7-17/h3-7,16,22H,8-15H2,1-2H3. The molecule has 5 heteroatoms. The molecule has 1 fully saturated rings. The molecule has 1 aromatic carbocycles. The van der Waals surface area contributed by atoms with Gasteiger partial charge < -0.3 is 10.0 Å². The number of carbonyl (C=O) groups excluding carboxylic acids is 1. The second-order valence-corrected chi connectivity index (χ2v) is 6.49. The minimum absolute atomic E-state index is 0.141. The van der Waals surface area contributed by atoms with Crippen molar-refractivity contribution < 1.29 is 9.90 Å². The normalized spacial score (nSPS) is 17.9. The number of hydrogen-bond donors (Lipinski definition) is 1. The molecule has 5 nitrogen and oxygen atoms in total. The van der Waals surface area contributed by atoms with Crippen molar-refractivity contribution in [2.75, 3.05) is 46.3 Å². The highest BCUT2D eigenvalue weighted by Crippen LogP contribution is 2.08. The van der Waals surface area contributed by atoms with Gasteiger partial charge in [-0.25, -0.2) is 0 Å². The summed E-state index contributed by atoms with van der Waals surface area (Å²) in [4.78, 5) is 18.6. The fraction of sp³-hybridized carbons (Fsp3) is 0.611. The second-order valence-electron chi connectivity index (χ2n) is 6.49. The third-order valence-corrected chi connectivity index (χ3v) is 4.38. The van der Waals surface area contributed by atoms with E-state index in [1.54, 1.807) is 11.8 Å². The van der Waals surface area contributed by atoms with Gasteiger partial charge >= 0.3 is 0 Å². The van der Waals surface area contributed by atoms with Crippen LogP contribution in [0, 0.1) is 0 Å². The van der Waals surface area contributed by atoms with Gasteiger partial charge in [0.05, 0.1) is 12.6 Å². The van der Waals surface area contributed by atoms with Gasteiger partial charge in [-0.3, -0.25) is 14.6 Å². The van der Waals surface area contributed by atoms with E-state index < -0.39 is 0 Å². The molecule has 0 aliphatic carbocycles. The van der Waals surface area contributed by atoms with Crippen LogP contribution in [0.1, 0.15) is 18.9 Å². The van der Waals surface area contributed by atoms with Gasteiger partial charge in [0, 0.05) is 46.3 Å². The lowest BCUT2D eigenvalue weighted by atomic mass is 10.2. The van der Waals surface area contributed by atoms with Gasteiger partial charge in [0.25, 0.3) is 0 Å². The fourth-order valence-electron chi connectivity index (χ4n) is 2.76. The predicted molar refractivity (Wildman–Crippen MR) is 92.1 cm³/mol. The van der Waals surface area contributed by atoms with E-state index in [-0.39, 0.29) is 12.0 Å². The molecule has 1 atom stereocenters. The zero-order valence-corrected chi connectivity index (χ0v) is 14.3. The van der Waals surface area contributed by atoms with E-state index in [1.165, 1.54) is 5.56 Å². The van der Waals surface area contributed by atoms with Crippen molar-refractivity contribution in [1.82, 2.24) is 14.7 Å². The summed E-state index contributed by atoms with van der Waals surface area (Å²) in [6, 6.07) is 10.5. The average Bonchev–Trinajstić information content (AvgIpc) is 2.55. The third kappa shape index (κ3) is 6.29. The summed E-state index contributed by atoms with van der Waals surface area (Å²) in [5.74, 6) is 0.141. The molecule has 1 N–H and O–H groups in total. The zero-order valence-electron chi connectivity index (χ0n) is 14.3. The molecule has 0 saturated carbocycles. The summed E-state index contributed by atoms with van der Waals surface area (Å²) in [6.45, 7) is 7.70. The highest BCUT2D eigenvalue weighted by molar-refractivity contribution is 5.77. The van der Waals surface area contributed by atoms with Gasteiger partial charge in [0.1, 0.15) is 0 Å². The molecular formula is C18H29N3O2. The lowest BCUT2D eigenvalue weighted by Crippen LogP contribution is -2.49. The second kappa shape index (κ2) is 9.01. The average molecular weight is 319 g/mol. The quantitative estimate of drug-likeness (QED) is 0.815. The van der Waals surface area contributed by atoms with Crippen LogP contribution in [0.5, 0.6) is 0 Å². The molecule has 1 heterocycles. The molecule has 1 saturated heterocycles. The number of likely N-dealkylation sites (N-methyl/N-ethyl adjacent to an activating group) is 1. The number of carbonyl (C=O) groups is 1. The maximum atomic E-state index is 12.2. The van der Waals surface area contributed by atoms with E-state index in [2.05, 4.69) is 34.1 Å². The summed E-state index contributed by atoms with van der Waals surface area (Å²) >= 11 is 0. The van der Waals surface area contributed by atoms with Crippen LogP contribution in [0.25, 0.3) is 0 Å². The van der Waals surface area contributed by atoms with Gasteiger partial charge in [0.15, 0.2) is 0 Å². The van der Waals surface area contributed by atoms with Gasteiger partial charge in [-0.1, -0.05) is 30.3 Å². The number of hydrogen-bond acceptors (Lipinski definition) is 4. The lowest BCUT2D eigenvalue weighted by molar-refractivity contribution is -0.131. The van der Waals surface area contributed by atoms with Crippen LogP contribution in [0.3, 0.4) is 0 Å². The Hall–Kier alpha value is -1.43. The van der Waals surface area contributed by atoms with E-state index in [9.17, 15) is 9.90 Å². The molecule has 0 radical (unpaired) electrons. The Morgan fingerprint density at radius 3 is 2.39 bits per heavy atom. The smallest absolute Gasteiger partial charge is 0.236 e. The van der Waals surface area contributed by atoms with Crippen molar-refractivity contribution in [3.63, 3.8) is 0 Å². The molecule has 1 aromatic rings. The Morgan fingerprint density at radius 1 is 1.17 bits per heavy atom. The van der Waals surface area contributed by atoms with E-state index in [4.69, 9.17) is 0 Å². The maximum absolute atomic E-state index is 12.2. The maximum Gasteiger partial charge on any atom is 0.236 e. The first kappa shape index (κ1) is 17.9. The summed E-state index contributed by atoms with van der Waals surface area (Å²) in [5, 5.41) is 9.30. The number of aliphatic hydroxyl groups excluding tert-OH is 1. The summed E-state index contributed by atoms with van der Waals surface area (Å²) < 4.78 is 0. The number of aliphatic hydroxyl groups is 1. The summed E-state index contributed by atoms with van der Waals surface area (Å²) in [5.41, 5.74) is 1.34. The highest BCUT2D eigenvalue weighted by Gasteiger charge is 2.20. The van der Waals surface area contributed by atoms with Gasteiger partial charge in [-0.2, -0.15) is 0 Å². The van der Waals surface area contributed by atoms with E-state index in [0.29, 0.717) is 19.5 Å². The van der Waals surface area contributed by atoms with Crippen LogP contribution in [0.4, 0.5) is 0 Å². The molecule has 1 amide bonds. The first-order valence-corrected chi connectivity index (χ1v) is 8.45. The Balaban J connectivity index is 1.69. The molecule has 2 rings (SSSR count). The summed E-state index contributed by atoms with van der Waals surface area (Å²) in [7, 11) is 1.82. The number of nitrogens with zero attached hydrogens (tertiary/aromatic N) is 3. The zero-order chi connectivity index (χ0) is 16.7. The van der Waals surface area contributed by atoms with E-state index in [0.717, 1.165) is 32.7 Å². The van der Waals surface area contributed by atoms with Crippen molar-refractivity contribution in [2.24, 2.45) is 0 Å². The predicted octanol–water partition coefficient (Wildman–Crippen LogP) is 1.03. The minimum Gasteiger partial charge on any atom is -0.393 e. The third-order valence-electron chi connectivity index (χ3n) is 4.38. The first-order valence-electron chi connectivity index (χ1n) is 8.45. The Morgan fingerprint density at radius 2 is 1.78 bits per heavy atom. The highest BCUT2D eigenvalue weighted by atomic mass is 16.3. The monoisotopic (exact) mass is 319 g/mol. The Bertz CT molecular complexity index is 470. The minimum atomic E-state index is -0.355. The van der Waals surface area contributed by atoms with Crippen LogP contribution >= 0.6 is 0 Å². The Labute approximate surface area is 139 Å². The number of piperazine rings is 1. The van der Waals surface area contributed by atoms with Crippen LogP contribution in [-0.2, 0) is 11.3 Å². The van der Waals surface area contributed by atoms with Gasteiger partial charge in [-0.05, 0) is 18.9 Å². The molecular weight excluding hydrogens is 290 g/mol.